The third-order valence-electron chi connectivity index (χ3n) is 3.33. The number of nitrogens with zero attached hydrogens (tertiary/aromatic N) is 2. The topological polar surface area (TPSA) is 58.4 Å². The maximum absolute atomic E-state index is 10.9. The molecule has 0 aliphatic carbocycles. The fraction of sp³-hybridized carbons (Fsp3) is 0.538. The van der Waals surface area contributed by atoms with Crippen LogP contribution in [0.5, 0.6) is 0 Å². The summed E-state index contributed by atoms with van der Waals surface area (Å²) in [5, 5.41) is 14.3. The van der Waals surface area contributed by atoms with Crippen molar-refractivity contribution in [2.24, 2.45) is 0 Å². The van der Waals surface area contributed by atoms with Gasteiger partial charge in [-0.3, -0.25) is 15.0 Å². The molecular formula is C13H20ClN3O2. The van der Waals surface area contributed by atoms with Gasteiger partial charge in [0.25, 0.3) is 5.69 Å². The zero-order valence-corrected chi connectivity index (χ0v) is 12.1. The van der Waals surface area contributed by atoms with Gasteiger partial charge < -0.3 is 5.32 Å². The van der Waals surface area contributed by atoms with Crippen molar-refractivity contribution < 1.29 is 4.92 Å². The van der Waals surface area contributed by atoms with Crippen molar-refractivity contribution >= 4 is 18.1 Å². The van der Waals surface area contributed by atoms with Gasteiger partial charge >= 0.3 is 0 Å². The molecule has 0 aromatic heterocycles. The number of nitro groups is 1. The van der Waals surface area contributed by atoms with Crippen molar-refractivity contribution in [3.05, 3.63) is 39.4 Å². The standard InChI is InChI=1S/C13H19N3O2.ClH/c1-10-3-4-12(7-13(10)16(17)18)9-15-6-5-14-11(2)8-15;/h3-4,7,11,14H,5-6,8-9H2,1-2H3;1H/t11-;/m1./s1. The zero-order valence-electron chi connectivity index (χ0n) is 11.3. The van der Waals surface area contributed by atoms with Gasteiger partial charge in [0, 0.05) is 43.9 Å². The molecule has 0 spiro atoms. The number of hydrogen-bond donors (Lipinski definition) is 1. The Bertz CT molecular complexity index is 454. The van der Waals surface area contributed by atoms with E-state index in [1.54, 1.807) is 13.0 Å². The molecule has 6 heteroatoms. The van der Waals surface area contributed by atoms with E-state index < -0.39 is 0 Å². The minimum absolute atomic E-state index is 0. The lowest BCUT2D eigenvalue weighted by Crippen LogP contribution is -2.48. The fourth-order valence-electron chi connectivity index (χ4n) is 2.36. The highest BCUT2D eigenvalue weighted by atomic mass is 35.5. The van der Waals surface area contributed by atoms with Crippen molar-refractivity contribution in [2.75, 3.05) is 19.6 Å². The lowest BCUT2D eigenvalue weighted by atomic mass is 10.1. The summed E-state index contributed by atoms with van der Waals surface area (Å²) in [6.07, 6.45) is 0. The summed E-state index contributed by atoms with van der Waals surface area (Å²) in [6, 6.07) is 6.00. The Morgan fingerprint density at radius 3 is 2.89 bits per heavy atom. The summed E-state index contributed by atoms with van der Waals surface area (Å²) in [5.74, 6) is 0. The van der Waals surface area contributed by atoms with Crippen LogP contribution in [0.2, 0.25) is 0 Å². The second-order valence-corrected chi connectivity index (χ2v) is 4.97. The van der Waals surface area contributed by atoms with Gasteiger partial charge in [-0.2, -0.15) is 0 Å². The van der Waals surface area contributed by atoms with Crippen LogP contribution >= 0.6 is 12.4 Å². The molecule has 1 heterocycles. The molecule has 1 aromatic carbocycles. The van der Waals surface area contributed by atoms with Crippen molar-refractivity contribution in [2.45, 2.75) is 26.4 Å². The minimum atomic E-state index is -0.306. The van der Waals surface area contributed by atoms with E-state index in [1.165, 1.54) is 0 Å². The lowest BCUT2D eigenvalue weighted by molar-refractivity contribution is -0.385. The van der Waals surface area contributed by atoms with E-state index in [1.807, 2.05) is 12.1 Å². The average molecular weight is 286 g/mol. The largest absolute Gasteiger partial charge is 0.312 e. The molecular weight excluding hydrogens is 266 g/mol. The molecule has 1 aliphatic heterocycles. The fourth-order valence-corrected chi connectivity index (χ4v) is 2.36. The van der Waals surface area contributed by atoms with Gasteiger partial charge in [-0.1, -0.05) is 12.1 Å². The third-order valence-corrected chi connectivity index (χ3v) is 3.33. The Labute approximate surface area is 119 Å². The molecule has 1 fully saturated rings. The number of hydrogen-bond acceptors (Lipinski definition) is 4. The van der Waals surface area contributed by atoms with Crippen LogP contribution in [0.15, 0.2) is 18.2 Å². The quantitative estimate of drug-likeness (QED) is 0.683. The second kappa shape index (κ2) is 6.84. The Balaban J connectivity index is 0.00000180. The smallest absolute Gasteiger partial charge is 0.272 e. The molecule has 1 aromatic rings. The number of nitrogens with one attached hydrogen (secondary N) is 1. The molecule has 1 N–H and O–H groups in total. The number of aryl methyl sites for hydroxylation is 1. The van der Waals surface area contributed by atoms with E-state index in [0.29, 0.717) is 6.04 Å². The van der Waals surface area contributed by atoms with Crippen molar-refractivity contribution in [3.8, 4) is 0 Å². The van der Waals surface area contributed by atoms with Crippen LogP contribution < -0.4 is 5.32 Å². The van der Waals surface area contributed by atoms with Gasteiger partial charge in [-0.05, 0) is 19.4 Å². The number of nitro benzene ring substituents is 1. The van der Waals surface area contributed by atoms with E-state index in [0.717, 1.165) is 37.3 Å². The summed E-state index contributed by atoms with van der Waals surface area (Å²) in [4.78, 5) is 12.9. The van der Waals surface area contributed by atoms with Crippen molar-refractivity contribution in [1.82, 2.24) is 10.2 Å². The van der Waals surface area contributed by atoms with Gasteiger partial charge in [0.15, 0.2) is 0 Å². The summed E-state index contributed by atoms with van der Waals surface area (Å²) in [5.41, 5.74) is 1.95. The molecule has 106 valence electrons. The third kappa shape index (κ3) is 4.16. The first-order chi connectivity index (χ1) is 8.56. The predicted octanol–water partition coefficient (Wildman–Crippen LogP) is 2.12. The lowest BCUT2D eigenvalue weighted by Gasteiger charge is -2.31. The monoisotopic (exact) mass is 285 g/mol. The van der Waals surface area contributed by atoms with E-state index in [4.69, 9.17) is 0 Å². The first-order valence-corrected chi connectivity index (χ1v) is 6.26. The molecule has 1 atom stereocenters. The average Bonchev–Trinajstić information content (AvgIpc) is 2.31. The van der Waals surface area contributed by atoms with Crippen LogP contribution in [0.1, 0.15) is 18.1 Å². The molecule has 5 nitrogen and oxygen atoms in total. The van der Waals surface area contributed by atoms with E-state index in [2.05, 4.69) is 17.1 Å². The SMILES string of the molecule is Cc1ccc(CN2CCN[C@H](C)C2)cc1[N+](=O)[O-].Cl. The second-order valence-electron chi connectivity index (χ2n) is 4.97. The zero-order chi connectivity index (χ0) is 13.1. The molecule has 2 rings (SSSR count). The Morgan fingerprint density at radius 2 is 2.26 bits per heavy atom. The summed E-state index contributed by atoms with van der Waals surface area (Å²) >= 11 is 0. The number of halogens is 1. The Kier molecular flexibility index (Phi) is 5.72. The highest BCUT2D eigenvalue weighted by molar-refractivity contribution is 5.85. The van der Waals surface area contributed by atoms with Crippen molar-refractivity contribution in [3.63, 3.8) is 0 Å². The minimum Gasteiger partial charge on any atom is -0.312 e. The first-order valence-electron chi connectivity index (χ1n) is 6.26. The molecule has 0 unspecified atom stereocenters. The highest BCUT2D eigenvalue weighted by Crippen LogP contribution is 2.20. The van der Waals surface area contributed by atoms with Crippen LogP contribution in [-0.4, -0.2) is 35.5 Å². The van der Waals surface area contributed by atoms with E-state index in [9.17, 15) is 10.1 Å². The van der Waals surface area contributed by atoms with Crippen LogP contribution in [0.4, 0.5) is 5.69 Å². The maximum atomic E-state index is 10.9. The molecule has 19 heavy (non-hydrogen) atoms. The summed E-state index contributed by atoms with van der Waals surface area (Å²) in [6.45, 7) is 7.68. The maximum Gasteiger partial charge on any atom is 0.272 e. The van der Waals surface area contributed by atoms with Gasteiger partial charge in [0.05, 0.1) is 4.92 Å². The first kappa shape index (κ1) is 15.9. The van der Waals surface area contributed by atoms with Gasteiger partial charge in [0.1, 0.15) is 0 Å². The highest BCUT2D eigenvalue weighted by Gasteiger charge is 2.17. The van der Waals surface area contributed by atoms with Crippen LogP contribution in [-0.2, 0) is 6.54 Å². The van der Waals surface area contributed by atoms with E-state index in [-0.39, 0.29) is 23.0 Å². The summed E-state index contributed by atoms with van der Waals surface area (Å²) < 4.78 is 0. The molecule has 0 radical (unpaired) electrons. The van der Waals surface area contributed by atoms with Gasteiger partial charge in [-0.25, -0.2) is 0 Å². The molecule has 1 saturated heterocycles. The van der Waals surface area contributed by atoms with Crippen LogP contribution in [0, 0.1) is 17.0 Å². The van der Waals surface area contributed by atoms with Crippen molar-refractivity contribution in [1.29, 1.82) is 0 Å². The van der Waals surface area contributed by atoms with Gasteiger partial charge in [0.2, 0.25) is 0 Å². The molecule has 0 amide bonds. The number of piperazine rings is 1. The molecule has 1 aliphatic rings. The molecule has 0 saturated carbocycles. The van der Waals surface area contributed by atoms with Gasteiger partial charge in [-0.15, -0.1) is 12.4 Å². The Hall–Kier alpha value is -1.17. The number of rotatable bonds is 3. The normalized spacial score (nSPS) is 19.8. The van der Waals surface area contributed by atoms with Crippen LogP contribution in [0.3, 0.4) is 0 Å². The summed E-state index contributed by atoms with van der Waals surface area (Å²) in [7, 11) is 0. The van der Waals surface area contributed by atoms with E-state index >= 15 is 0 Å². The van der Waals surface area contributed by atoms with Crippen LogP contribution in [0.25, 0.3) is 0 Å². The Morgan fingerprint density at radius 1 is 1.53 bits per heavy atom. The molecule has 0 bridgehead atoms. The predicted molar refractivity (Wildman–Crippen MR) is 77.8 cm³/mol. The number of benzene rings is 1.